The minimum Gasteiger partial charge on any atom is -0.497 e. The van der Waals surface area contributed by atoms with Crippen LogP contribution in [0.3, 0.4) is 0 Å². The largest absolute Gasteiger partial charge is 0.497 e. The Morgan fingerprint density at radius 2 is 1.90 bits per heavy atom. The standard InChI is InChI=1S/C17H22N2O/c1-13-7-4-5-10-16(13)17(12-18)19(2)14-8-6-9-15(11-14)20-3/h4-11,17H,12,18H2,1-3H3. The SMILES string of the molecule is COc1cccc(N(C)C(CN)c2ccccc2C)c1. The van der Waals surface area contributed by atoms with E-state index in [1.54, 1.807) is 7.11 Å². The van der Waals surface area contributed by atoms with E-state index in [-0.39, 0.29) is 6.04 Å². The van der Waals surface area contributed by atoms with Crippen molar-refractivity contribution in [1.29, 1.82) is 0 Å². The maximum Gasteiger partial charge on any atom is 0.120 e. The van der Waals surface area contributed by atoms with Crippen molar-refractivity contribution in [3.63, 3.8) is 0 Å². The molecule has 20 heavy (non-hydrogen) atoms. The van der Waals surface area contributed by atoms with Gasteiger partial charge in [-0.2, -0.15) is 0 Å². The molecule has 0 spiro atoms. The van der Waals surface area contributed by atoms with Crippen LogP contribution in [0.1, 0.15) is 17.2 Å². The zero-order valence-corrected chi connectivity index (χ0v) is 12.3. The zero-order valence-electron chi connectivity index (χ0n) is 12.3. The molecule has 3 heteroatoms. The number of nitrogens with zero attached hydrogens (tertiary/aromatic N) is 1. The molecule has 0 saturated carbocycles. The fraction of sp³-hybridized carbons (Fsp3) is 0.294. The first-order chi connectivity index (χ1) is 9.67. The zero-order chi connectivity index (χ0) is 14.5. The third-order valence-corrected chi connectivity index (χ3v) is 3.70. The lowest BCUT2D eigenvalue weighted by Crippen LogP contribution is -2.30. The second kappa shape index (κ2) is 6.44. The topological polar surface area (TPSA) is 38.5 Å². The maximum atomic E-state index is 6.01. The van der Waals surface area contributed by atoms with Crippen molar-refractivity contribution >= 4 is 5.69 Å². The molecule has 1 unspecified atom stereocenters. The number of rotatable bonds is 5. The van der Waals surface area contributed by atoms with E-state index in [0.29, 0.717) is 6.54 Å². The van der Waals surface area contributed by atoms with Crippen LogP contribution in [0, 0.1) is 6.92 Å². The van der Waals surface area contributed by atoms with Gasteiger partial charge in [-0.25, -0.2) is 0 Å². The highest BCUT2D eigenvalue weighted by Crippen LogP contribution is 2.29. The first-order valence-electron chi connectivity index (χ1n) is 6.80. The normalized spacial score (nSPS) is 12.0. The third-order valence-electron chi connectivity index (χ3n) is 3.70. The van der Waals surface area contributed by atoms with Gasteiger partial charge in [0.15, 0.2) is 0 Å². The van der Waals surface area contributed by atoms with E-state index in [9.17, 15) is 0 Å². The van der Waals surface area contributed by atoms with E-state index in [1.807, 2.05) is 18.2 Å². The smallest absolute Gasteiger partial charge is 0.120 e. The van der Waals surface area contributed by atoms with Crippen LogP contribution in [0.15, 0.2) is 48.5 Å². The molecule has 0 aromatic heterocycles. The Bertz CT molecular complexity index is 568. The number of likely N-dealkylation sites (N-methyl/N-ethyl adjacent to an activating group) is 1. The summed E-state index contributed by atoms with van der Waals surface area (Å²) in [6, 6.07) is 16.6. The van der Waals surface area contributed by atoms with E-state index in [0.717, 1.165) is 11.4 Å². The predicted molar refractivity (Wildman–Crippen MR) is 84.4 cm³/mol. The van der Waals surface area contributed by atoms with Crippen molar-refractivity contribution in [3.8, 4) is 5.75 Å². The van der Waals surface area contributed by atoms with Crippen molar-refractivity contribution in [2.24, 2.45) is 5.73 Å². The Kier molecular flexibility index (Phi) is 4.64. The highest BCUT2D eigenvalue weighted by Gasteiger charge is 2.17. The average Bonchev–Trinajstić information content (AvgIpc) is 2.49. The average molecular weight is 270 g/mol. The number of nitrogens with two attached hydrogens (primary N) is 1. The second-order valence-corrected chi connectivity index (χ2v) is 4.92. The molecule has 0 aliphatic carbocycles. The molecule has 0 heterocycles. The molecular formula is C17H22N2O. The molecule has 0 radical (unpaired) electrons. The summed E-state index contributed by atoms with van der Waals surface area (Å²) in [7, 11) is 3.75. The van der Waals surface area contributed by atoms with Crippen molar-refractivity contribution in [1.82, 2.24) is 0 Å². The van der Waals surface area contributed by atoms with E-state index in [2.05, 4.69) is 49.2 Å². The molecule has 2 rings (SSSR count). The van der Waals surface area contributed by atoms with Crippen molar-refractivity contribution < 1.29 is 4.74 Å². The summed E-state index contributed by atoms with van der Waals surface area (Å²) in [6.45, 7) is 2.69. The van der Waals surface area contributed by atoms with Gasteiger partial charge in [-0.3, -0.25) is 0 Å². The predicted octanol–water partition coefficient (Wildman–Crippen LogP) is 3.14. The minimum atomic E-state index is 0.156. The lowest BCUT2D eigenvalue weighted by molar-refractivity contribution is 0.414. The first kappa shape index (κ1) is 14.4. The van der Waals surface area contributed by atoms with Gasteiger partial charge in [0.25, 0.3) is 0 Å². The monoisotopic (exact) mass is 270 g/mol. The van der Waals surface area contributed by atoms with E-state index < -0.39 is 0 Å². The molecule has 0 bridgehead atoms. The third kappa shape index (κ3) is 2.94. The maximum absolute atomic E-state index is 6.01. The highest BCUT2D eigenvalue weighted by molar-refractivity contribution is 5.52. The van der Waals surface area contributed by atoms with Gasteiger partial charge < -0.3 is 15.4 Å². The van der Waals surface area contributed by atoms with Crippen molar-refractivity contribution in [2.75, 3.05) is 25.6 Å². The van der Waals surface area contributed by atoms with Crippen LogP contribution in [0.2, 0.25) is 0 Å². The Morgan fingerprint density at radius 3 is 2.55 bits per heavy atom. The molecule has 1 atom stereocenters. The lowest BCUT2D eigenvalue weighted by Gasteiger charge is -2.30. The minimum absolute atomic E-state index is 0.156. The van der Waals surface area contributed by atoms with Gasteiger partial charge in [-0.15, -0.1) is 0 Å². The van der Waals surface area contributed by atoms with Crippen LogP contribution < -0.4 is 15.4 Å². The fourth-order valence-corrected chi connectivity index (χ4v) is 2.46. The van der Waals surface area contributed by atoms with Crippen LogP contribution in [-0.4, -0.2) is 20.7 Å². The van der Waals surface area contributed by atoms with Crippen molar-refractivity contribution in [2.45, 2.75) is 13.0 Å². The van der Waals surface area contributed by atoms with Gasteiger partial charge in [0.1, 0.15) is 5.75 Å². The van der Waals surface area contributed by atoms with Crippen molar-refractivity contribution in [3.05, 3.63) is 59.7 Å². The molecule has 0 aliphatic heterocycles. The first-order valence-corrected chi connectivity index (χ1v) is 6.80. The summed E-state index contributed by atoms with van der Waals surface area (Å²) in [5.41, 5.74) is 9.64. The summed E-state index contributed by atoms with van der Waals surface area (Å²) in [4.78, 5) is 2.20. The molecule has 3 nitrogen and oxygen atoms in total. The molecule has 0 amide bonds. The molecule has 2 aromatic carbocycles. The van der Waals surface area contributed by atoms with Crippen LogP contribution in [0.4, 0.5) is 5.69 Å². The molecule has 0 fully saturated rings. The Balaban J connectivity index is 2.33. The lowest BCUT2D eigenvalue weighted by atomic mass is 10.00. The summed E-state index contributed by atoms with van der Waals surface area (Å²) in [5.74, 6) is 0.856. The highest BCUT2D eigenvalue weighted by atomic mass is 16.5. The Morgan fingerprint density at radius 1 is 1.15 bits per heavy atom. The summed E-state index contributed by atoms with van der Waals surface area (Å²) in [5, 5.41) is 0. The Hall–Kier alpha value is -2.00. The van der Waals surface area contributed by atoms with Gasteiger partial charge in [0.2, 0.25) is 0 Å². The van der Waals surface area contributed by atoms with Gasteiger partial charge >= 0.3 is 0 Å². The van der Waals surface area contributed by atoms with Gasteiger partial charge in [0, 0.05) is 25.3 Å². The van der Waals surface area contributed by atoms with Gasteiger partial charge in [0.05, 0.1) is 13.2 Å². The quantitative estimate of drug-likeness (QED) is 0.907. The molecular weight excluding hydrogens is 248 g/mol. The summed E-state index contributed by atoms with van der Waals surface area (Å²) >= 11 is 0. The molecule has 2 N–H and O–H groups in total. The number of hydrogen-bond acceptors (Lipinski definition) is 3. The summed E-state index contributed by atoms with van der Waals surface area (Å²) in [6.07, 6.45) is 0. The van der Waals surface area contributed by atoms with Crippen LogP contribution in [0.5, 0.6) is 5.75 Å². The number of aryl methyl sites for hydroxylation is 1. The molecule has 0 aliphatic rings. The molecule has 2 aromatic rings. The fourth-order valence-electron chi connectivity index (χ4n) is 2.46. The summed E-state index contributed by atoms with van der Waals surface area (Å²) < 4.78 is 5.29. The van der Waals surface area contributed by atoms with E-state index in [1.165, 1.54) is 11.1 Å². The van der Waals surface area contributed by atoms with Gasteiger partial charge in [-0.1, -0.05) is 30.3 Å². The van der Waals surface area contributed by atoms with E-state index in [4.69, 9.17) is 10.5 Å². The number of benzene rings is 2. The van der Waals surface area contributed by atoms with Gasteiger partial charge in [-0.05, 0) is 30.2 Å². The van der Waals surface area contributed by atoms with Crippen LogP contribution >= 0.6 is 0 Å². The molecule has 106 valence electrons. The number of hydrogen-bond donors (Lipinski definition) is 1. The van der Waals surface area contributed by atoms with Crippen LogP contribution in [0.25, 0.3) is 0 Å². The Labute approximate surface area is 121 Å². The van der Waals surface area contributed by atoms with E-state index >= 15 is 0 Å². The number of ether oxygens (including phenoxy) is 1. The second-order valence-electron chi connectivity index (χ2n) is 4.92. The van der Waals surface area contributed by atoms with Crippen LogP contribution in [-0.2, 0) is 0 Å². The number of methoxy groups -OCH3 is 1. The molecule has 0 saturated heterocycles. The number of anilines is 1.